The molecule has 0 aliphatic rings. The Morgan fingerprint density at radius 1 is 0.891 bits per heavy atom. The fourth-order valence-electron chi connectivity index (χ4n) is 4.94. The largest absolute Gasteiger partial charge is 0.417 e. The molecule has 1 atom stereocenters. The number of likely N-dealkylation sites (N-methyl/N-ethyl adjacent to an activating group) is 1. The van der Waals surface area contributed by atoms with E-state index in [1.807, 2.05) is 25.1 Å². The summed E-state index contributed by atoms with van der Waals surface area (Å²) in [6.45, 7) is 2.62. The molecule has 0 saturated heterocycles. The molecule has 4 aromatic carbocycles. The monoisotopic (exact) mass is 671 g/mol. The standard InChI is InChI=1S/C34H33ClF3N3O4S/c1-23-13-16-28(17-14-23)46(44,45)41(27-15-18-30(35)29(20-27)34(36,37)38)22-32(42)40(21-26-12-8-7-9-24(26)2)31(33(43)39-3)19-25-10-5-4-6-11-25/h4-18,20,31H,19,21-22H2,1-3H3,(H,39,43). The topological polar surface area (TPSA) is 86.8 Å². The molecule has 0 radical (unpaired) electrons. The molecule has 0 spiro atoms. The summed E-state index contributed by atoms with van der Waals surface area (Å²) >= 11 is 5.86. The van der Waals surface area contributed by atoms with Gasteiger partial charge >= 0.3 is 6.18 Å². The van der Waals surface area contributed by atoms with Gasteiger partial charge in [-0.1, -0.05) is 83.9 Å². The van der Waals surface area contributed by atoms with Crippen LogP contribution < -0.4 is 9.62 Å². The molecule has 4 rings (SSSR count). The summed E-state index contributed by atoms with van der Waals surface area (Å²) in [6, 6.07) is 23.5. The zero-order valence-corrected chi connectivity index (χ0v) is 27.0. The first-order valence-corrected chi connectivity index (χ1v) is 16.1. The fourth-order valence-corrected chi connectivity index (χ4v) is 6.57. The number of nitrogens with one attached hydrogen (secondary N) is 1. The van der Waals surface area contributed by atoms with Crippen LogP contribution in [0.15, 0.2) is 102 Å². The number of halogens is 4. The van der Waals surface area contributed by atoms with E-state index in [0.717, 1.165) is 28.8 Å². The normalized spacial score (nSPS) is 12.3. The summed E-state index contributed by atoms with van der Waals surface area (Å²) < 4.78 is 70.5. The van der Waals surface area contributed by atoms with Crippen LogP contribution in [-0.2, 0) is 38.8 Å². The SMILES string of the molecule is CNC(=O)C(Cc1ccccc1)N(Cc1ccccc1C)C(=O)CN(c1ccc(Cl)c(C(F)(F)F)c1)S(=O)(=O)c1ccc(C)cc1. The van der Waals surface area contributed by atoms with Gasteiger partial charge in [-0.15, -0.1) is 0 Å². The third-order valence-corrected chi connectivity index (χ3v) is 9.67. The van der Waals surface area contributed by atoms with Crippen LogP contribution in [0.4, 0.5) is 18.9 Å². The quantitative estimate of drug-likeness (QED) is 0.196. The van der Waals surface area contributed by atoms with Crippen molar-refractivity contribution in [2.75, 3.05) is 17.9 Å². The Bertz CT molecular complexity index is 1800. The van der Waals surface area contributed by atoms with E-state index in [1.54, 1.807) is 55.5 Å². The molecule has 46 heavy (non-hydrogen) atoms. The van der Waals surface area contributed by atoms with Gasteiger partial charge in [0.1, 0.15) is 12.6 Å². The molecule has 0 saturated carbocycles. The smallest absolute Gasteiger partial charge is 0.357 e. The van der Waals surface area contributed by atoms with Crippen molar-refractivity contribution in [2.45, 2.75) is 43.9 Å². The van der Waals surface area contributed by atoms with Crippen LogP contribution in [0.1, 0.15) is 27.8 Å². The van der Waals surface area contributed by atoms with Crippen molar-refractivity contribution in [1.29, 1.82) is 0 Å². The summed E-state index contributed by atoms with van der Waals surface area (Å²) in [5, 5.41) is 1.97. The van der Waals surface area contributed by atoms with Crippen molar-refractivity contribution < 1.29 is 31.2 Å². The van der Waals surface area contributed by atoms with E-state index in [1.165, 1.54) is 24.1 Å². The Labute approximate surface area is 271 Å². The van der Waals surface area contributed by atoms with E-state index in [4.69, 9.17) is 11.6 Å². The number of rotatable bonds is 11. The summed E-state index contributed by atoms with van der Waals surface area (Å²) in [4.78, 5) is 28.8. The van der Waals surface area contributed by atoms with Crippen LogP contribution in [0.2, 0.25) is 5.02 Å². The summed E-state index contributed by atoms with van der Waals surface area (Å²) in [7, 11) is -3.16. The number of anilines is 1. The van der Waals surface area contributed by atoms with Crippen molar-refractivity contribution in [3.8, 4) is 0 Å². The van der Waals surface area contributed by atoms with Gasteiger partial charge < -0.3 is 10.2 Å². The van der Waals surface area contributed by atoms with Crippen molar-refractivity contribution in [3.05, 3.63) is 130 Å². The Hall–Kier alpha value is -4.35. The van der Waals surface area contributed by atoms with Gasteiger partial charge in [0.2, 0.25) is 11.8 Å². The molecule has 1 N–H and O–H groups in total. The first-order valence-electron chi connectivity index (χ1n) is 14.3. The number of hydrogen-bond donors (Lipinski definition) is 1. The summed E-state index contributed by atoms with van der Waals surface area (Å²) in [5.41, 5.74) is 1.36. The molecular weight excluding hydrogens is 639 g/mol. The molecule has 12 heteroatoms. The Morgan fingerprint density at radius 2 is 1.52 bits per heavy atom. The maximum Gasteiger partial charge on any atom is 0.417 e. The Balaban J connectivity index is 1.86. The van der Waals surface area contributed by atoms with E-state index in [2.05, 4.69) is 5.32 Å². The zero-order chi connectivity index (χ0) is 33.6. The van der Waals surface area contributed by atoms with Crippen LogP contribution >= 0.6 is 11.6 Å². The fraction of sp³-hybridized carbons (Fsp3) is 0.235. The van der Waals surface area contributed by atoms with Gasteiger partial charge in [-0.25, -0.2) is 8.42 Å². The van der Waals surface area contributed by atoms with Crippen LogP contribution in [0.25, 0.3) is 0 Å². The molecule has 0 heterocycles. The first-order chi connectivity index (χ1) is 21.7. The highest BCUT2D eigenvalue weighted by molar-refractivity contribution is 7.92. The second kappa shape index (κ2) is 14.4. The van der Waals surface area contributed by atoms with Gasteiger partial charge in [-0.2, -0.15) is 13.2 Å². The average molecular weight is 672 g/mol. The number of carbonyl (C=O) groups is 2. The minimum Gasteiger partial charge on any atom is -0.357 e. The Morgan fingerprint density at radius 3 is 2.13 bits per heavy atom. The van der Waals surface area contributed by atoms with Gasteiger partial charge in [0, 0.05) is 20.0 Å². The molecule has 1 unspecified atom stereocenters. The summed E-state index contributed by atoms with van der Waals surface area (Å²) in [6.07, 6.45) is -4.80. The minimum absolute atomic E-state index is 0.0662. The second-order valence-corrected chi connectivity index (χ2v) is 13.0. The summed E-state index contributed by atoms with van der Waals surface area (Å²) in [5.74, 6) is -1.29. The minimum atomic E-state index is -4.90. The highest BCUT2D eigenvalue weighted by atomic mass is 35.5. The number of aryl methyl sites for hydroxylation is 2. The molecular formula is C34H33ClF3N3O4S. The molecule has 0 fully saturated rings. The van der Waals surface area contributed by atoms with Crippen molar-refractivity contribution >= 4 is 39.1 Å². The average Bonchev–Trinajstić information content (AvgIpc) is 3.02. The maximum absolute atomic E-state index is 14.4. The highest BCUT2D eigenvalue weighted by Gasteiger charge is 2.37. The van der Waals surface area contributed by atoms with Gasteiger partial charge in [-0.05, 0) is 60.9 Å². The van der Waals surface area contributed by atoms with Crippen LogP contribution in [0.5, 0.6) is 0 Å². The van der Waals surface area contributed by atoms with Crippen molar-refractivity contribution in [2.24, 2.45) is 0 Å². The number of carbonyl (C=O) groups excluding carboxylic acids is 2. The van der Waals surface area contributed by atoms with Gasteiger partial charge in [0.15, 0.2) is 0 Å². The zero-order valence-electron chi connectivity index (χ0n) is 25.4. The molecule has 4 aromatic rings. The maximum atomic E-state index is 14.4. The van der Waals surface area contributed by atoms with Crippen molar-refractivity contribution in [1.82, 2.24) is 10.2 Å². The number of amides is 2. The third kappa shape index (κ3) is 8.07. The number of alkyl halides is 3. The lowest BCUT2D eigenvalue weighted by Crippen LogP contribution is -2.53. The van der Waals surface area contributed by atoms with E-state index >= 15 is 0 Å². The molecule has 0 aromatic heterocycles. The van der Waals surface area contributed by atoms with Gasteiger partial charge in [0.05, 0.1) is 21.2 Å². The first kappa shape index (κ1) is 34.5. The van der Waals surface area contributed by atoms with Crippen LogP contribution in [-0.4, -0.2) is 44.8 Å². The van der Waals surface area contributed by atoms with Crippen molar-refractivity contribution in [3.63, 3.8) is 0 Å². The third-order valence-electron chi connectivity index (χ3n) is 7.55. The van der Waals surface area contributed by atoms with E-state index in [9.17, 15) is 31.2 Å². The van der Waals surface area contributed by atoms with Crippen LogP contribution in [0, 0.1) is 13.8 Å². The highest BCUT2D eigenvalue weighted by Crippen LogP contribution is 2.38. The number of hydrogen-bond acceptors (Lipinski definition) is 4. The lowest BCUT2D eigenvalue weighted by atomic mass is 10.0. The molecule has 242 valence electrons. The predicted octanol–water partition coefficient (Wildman–Crippen LogP) is 6.56. The van der Waals surface area contributed by atoms with Gasteiger partial charge in [-0.3, -0.25) is 13.9 Å². The number of benzene rings is 4. The molecule has 0 aliphatic carbocycles. The van der Waals surface area contributed by atoms with E-state index < -0.39 is 56.9 Å². The van der Waals surface area contributed by atoms with Gasteiger partial charge in [0.25, 0.3) is 10.0 Å². The second-order valence-electron chi connectivity index (χ2n) is 10.8. The number of nitrogens with zero attached hydrogens (tertiary/aromatic N) is 2. The van der Waals surface area contributed by atoms with E-state index in [0.29, 0.717) is 15.9 Å². The lowest BCUT2D eigenvalue weighted by Gasteiger charge is -2.34. The number of sulfonamides is 1. The molecule has 2 amide bonds. The molecule has 0 aliphatic heterocycles. The lowest BCUT2D eigenvalue weighted by molar-refractivity contribution is -0.139. The predicted molar refractivity (Wildman–Crippen MR) is 172 cm³/mol. The van der Waals surface area contributed by atoms with E-state index in [-0.39, 0.29) is 17.9 Å². The molecule has 7 nitrogen and oxygen atoms in total. The Kier molecular flexibility index (Phi) is 10.8. The van der Waals surface area contributed by atoms with Crippen LogP contribution in [0.3, 0.4) is 0 Å². The molecule has 0 bridgehead atoms.